The van der Waals surface area contributed by atoms with E-state index in [-0.39, 0.29) is 0 Å². The Labute approximate surface area is 104 Å². The largest absolute Gasteiger partial charge is 0.378 e. The molecule has 0 aromatic carbocycles. The molecule has 2 atom stereocenters. The molecule has 0 unspecified atom stereocenters. The van der Waals surface area contributed by atoms with Crippen molar-refractivity contribution in [3.05, 3.63) is 30.1 Å². The van der Waals surface area contributed by atoms with Crippen molar-refractivity contribution in [1.82, 2.24) is 10.3 Å². The van der Waals surface area contributed by atoms with Crippen molar-refractivity contribution in [2.45, 2.75) is 32.9 Å². The van der Waals surface area contributed by atoms with E-state index in [2.05, 4.69) is 30.2 Å². The van der Waals surface area contributed by atoms with Gasteiger partial charge in [0.15, 0.2) is 0 Å². The lowest BCUT2D eigenvalue weighted by Crippen LogP contribution is -2.31. The van der Waals surface area contributed by atoms with Crippen molar-refractivity contribution in [1.29, 1.82) is 0 Å². The van der Waals surface area contributed by atoms with E-state index in [1.54, 1.807) is 0 Å². The molecule has 1 aromatic heterocycles. The van der Waals surface area contributed by atoms with Crippen molar-refractivity contribution in [2.75, 3.05) is 13.2 Å². The molecule has 0 radical (unpaired) electrons. The molecule has 1 N–H and O–H groups in total. The van der Waals surface area contributed by atoms with Gasteiger partial charge >= 0.3 is 0 Å². The molecule has 94 valence electrons. The van der Waals surface area contributed by atoms with Crippen LogP contribution in [0.25, 0.3) is 0 Å². The number of pyridine rings is 1. The van der Waals surface area contributed by atoms with Gasteiger partial charge < -0.3 is 10.1 Å². The van der Waals surface area contributed by atoms with E-state index < -0.39 is 0 Å². The lowest BCUT2D eigenvalue weighted by Gasteiger charge is -2.22. The van der Waals surface area contributed by atoms with Crippen LogP contribution in [0.5, 0.6) is 0 Å². The van der Waals surface area contributed by atoms with Gasteiger partial charge in [0.25, 0.3) is 0 Å². The zero-order valence-electron chi connectivity index (χ0n) is 10.7. The Morgan fingerprint density at radius 3 is 3.12 bits per heavy atom. The summed E-state index contributed by atoms with van der Waals surface area (Å²) in [5, 5.41) is 3.51. The number of ether oxygens (including phenoxy) is 1. The summed E-state index contributed by atoms with van der Waals surface area (Å²) in [4.78, 5) is 4.11. The smallest absolute Gasteiger partial charge is 0.0639 e. The molecular formula is C14H22N2O. The first kappa shape index (κ1) is 12.5. The molecule has 0 saturated carbocycles. The minimum absolute atomic E-state index is 0.427. The molecule has 0 bridgehead atoms. The van der Waals surface area contributed by atoms with Gasteiger partial charge in [-0.2, -0.15) is 0 Å². The molecule has 0 amide bonds. The Bertz CT molecular complexity index is 326. The van der Waals surface area contributed by atoms with Gasteiger partial charge in [-0.3, -0.25) is 4.98 Å². The summed E-state index contributed by atoms with van der Waals surface area (Å²) < 4.78 is 5.78. The summed E-state index contributed by atoms with van der Waals surface area (Å²) >= 11 is 0. The maximum Gasteiger partial charge on any atom is 0.0639 e. The SMILES string of the molecule is CC(C)[C@H]1OCC[C@@H]1CNCc1cccnc1. The Balaban J connectivity index is 1.75. The molecular weight excluding hydrogens is 212 g/mol. The van der Waals surface area contributed by atoms with Gasteiger partial charge in [0, 0.05) is 32.1 Å². The van der Waals surface area contributed by atoms with Gasteiger partial charge in [0.05, 0.1) is 6.10 Å². The molecule has 1 aliphatic rings. The molecule has 3 nitrogen and oxygen atoms in total. The molecule has 1 saturated heterocycles. The second kappa shape index (κ2) is 6.12. The highest BCUT2D eigenvalue weighted by Gasteiger charge is 2.29. The Morgan fingerprint density at radius 2 is 2.41 bits per heavy atom. The van der Waals surface area contributed by atoms with Crippen molar-refractivity contribution in [3.63, 3.8) is 0 Å². The van der Waals surface area contributed by atoms with E-state index in [0.29, 0.717) is 17.9 Å². The third-order valence-electron chi connectivity index (χ3n) is 3.38. The van der Waals surface area contributed by atoms with E-state index >= 15 is 0 Å². The molecule has 1 aromatic rings. The van der Waals surface area contributed by atoms with E-state index in [0.717, 1.165) is 19.7 Å². The highest BCUT2D eigenvalue weighted by molar-refractivity contribution is 5.07. The van der Waals surface area contributed by atoms with Gasteiger partial charge in [-0.05, 0) is 29.9 Å². The fourth-order valence-electron chi connectivity index (χ4n) is 2.52. The average Bonchev–Trinajstić information content (AvgIpc) is 2.79. The molecule has 1 aliphatic heterocycles. The monoisotopic (exact) mass is 234 g/mol. The van der Waals surface area contributed by atoms with Gasteiger partial charge in [0.2, 0.25) is 0 Å². The molecule has 0 spiro atoms. The lowest BCUT2D eigenvalue weighted by atomic mass is 9.93. The third-order valence-corrected chi connectivity index (χ3v) is 3.38. The van der Waals surface area contributed by atoms with Crippen molar-refractivity contribution < 1.29 is 4.74 Å². The topological polar surface area (TPSA) is 34.1 Å². The molecule has 2 rings (SSSR count). The van der Waals surface area contributed by atoms with Crippen LogP contribution in [-0.4, -0.2) is 24.2 Å². The highest BCUT2D eigenvalue weighted by atomic mass is 16.5. The Hall–Kier alpha value is -0.930. The van der Waals surface area contributed by atoms with Crippen LogP contribution in [0.1, 0.15) is 25.8 Å². The summed E-state index contributed by atoms with van der Waals surface area (Å²) in [6.45, 7) is 7.34. The normalized spacial score (nSPS) is 24.4. The number of hydrogen-bond donors (Lipinski definition) is 1. The lowest BCUT2D eigenvalue weighted by molar-refractivity contribution is 0.0539. The summed E-state index contributed by atoms with van der Waals surface area (Å²) in [7, 11) is 0. The van der Waals surface area contributed by atoms with Gasteiger partial charge in [-0.25, -0.2) is 0 Å². The summed E-state index contributed by atoms with van der Waals surface area (Å²) in [6, 6.07) is 4.08. The minimum Gasteiger partial charge on any atom is -0.378 e. The molecule has 2 heterocycles. The number of nitrogens with zero attached hydrogens (tertiary/aromatic N) is 1. The first-order chi connectivity index (χ1) is 8.27. The van der Waals surface area contributed by atoms with Crippen LogP contribution >= 0.6 is 0 Å². The fourth-order valence-corrected chi connectivity index (χ4v) is 2.52. The maximum atomic E-state index is 5.78. The third kappa shape index (κ3) is 3.51. The number of hydrogen-bond acceptors (Lipinski definition) is 3. The van der Waals surface area contributed by atoms with Crippen LogP contribution < -0.4 is 5.32 Å². The van der Waals surface area contributed by atoms with Crippen molar-refractivity contribution in [3.8, 4) is 0 Å². The predicted octanol–water partition coefficient (Wildman–Crippen LogP) is 2.23. The fraction of sp³-hybridized carbons (Fsp3) is 0.643. The van der Waals surface area contributed by atoms with E-state index in [4.69, 9.17) is 4.74 Å². The summed E-state index contributed by atoms with van der Waals surface area (Å²) in [5.41, 5.74) is 1.24. The molecule has 0 aliphatic carbocycles. The van der Waals surface area contributed by atoms with Gasteiger partial charge in [0.1, 0.15) is 0 Å². The Kier molecular flexibility index (Phi) is 4.51. The van der Waals surface area contributed by atoms with Crippen LogP contribution in [0.4, 0.5) is 0 Å². The number of aromatic nitrogens is 1. The van der Waals surface area contributed by atoms with Crippen LogP contribution in [0.3, 0.4) is 0 Å². The van der Waals surface area contributed by atoms with E-state index in [9.17, 15) is 0 Å². The van der Waals surface area contributed by atoms with Crippen LogP contribution in [0.15, 0.2) is 24.5 Å². The number of nitrogens with one attached hydrogen (secondary N) is 1. The van der Waals surface area contributed by atoms with E-state index in [1.807, 2.05) is 18.5 Å². The first-order valence-electron chi connectivity index (χ1n) is 6.48. The second-order valence-electron chi connectivity index (χ2n) is 5.12. The number of rotatable bonds is 5. The van der Waals surface area contributed by atoms with E-state index in [1.165, 1.54) is 12.0 Å². The van der Waals surface area contributed by atoms with Gasteiger partial charge in [-0.15, -0.1) is 0 Å². The molecule has 3 heteroatoms. The zero-order valence-corrected chi connectivity index (χ0v) is 10.7. The van der Waals surface area contributed by atoms with Gasteiger partial charge in [-0.1, -0.05) is 19.9 Å². The quantitative estimate of drug-likeness (QED) is 0.848. The zero-order chi connectivity index (χ0) is 12.1. The first-order valence-corrected chi connectivity index (χ1v) is 6.48. The molecule has 1 fully saturated rings. The Morgan fingerprint density at radius 1 is 1.53 bits per heavy atom. The summed E-state index contributed by atoms with van der Waals surface area (Å²) in [5.74, 6) is 1.27. The highest BCUT2D eigenvalue weighted by Crippen LogP contribution is 2.26. The summed E-state index contributed by atoms with van der Waals surface area (Å²) in [6.07, 6.45) is 5.33. The van der Waals surface area contributed by atoms with Crippen LogP contribution in [0, 0.1) is 11.8 Å². The predicted molar refractivity (Wildman–Crippen MR) is 68.6 cm³/mol. The van der Waals surface area contributed by atoms with Crippen LogP contribution in [0.2, 0.25) is 0 Å². The minimum atomic E-state index is 0.427. The van der Waals surface area contributed by atoms with Crippen LogP contribution in [-0.2, 0) is 11.3 Å². The van der Waals surface area contributed by atoms with Crippen molar-refractivity contribution >= 4 is 0 Å². The molecule has 17 heavy (non-hydrogen) atoms. The standard InChI is InChI=1S/C14H22N2O/c1-11(2)14-13(5-7-17-14)10-16-9-12-4-3-6-15-8-12/h3-4,6,8,11,13-14,16H,5,7,9-10H2,1-2H3/t13-,14-/m1/s1. The second-order valence-corrected chi connectivity index (χ2v) is 5.12. The van der Waals surface area contributed by atoms with Crippen molar-refractivity contribution in [2.24, 2.45) is 11.8 Å². The average molecular weight is 234 g/mol. The maximum absolute atomic E-state index is 5.78.